The van der Waals surface area contributed by atoms with E-state index in [1.165, 1.54) is 11.8 Å². The van der Waals surface area contributed by atoms with E-state index < -0.39 is 0 Å². The Bertz CT molecular complexity index is 1160. The number of fused-ring (bicyclic) bond motifs is 1. The van der Waals surface area contributed by atoms with Crippen molar-refractivity contribution in [3.63, 3.8) is 0 Å². The standard InChI is InChI=1S/C25H30N4O2/c1-5-8-16-9-7-10-22(31-4)23(16)17-11-12-21-19(13-17)24(25(30)29-21)20(6-2)28-18(14-26)15-27-3/h7,9-15,29-30H,5-6,8,26H2,1-4H3/b18-14+,27-15?,28-20?. The lowest BCUT2D eigenvalue weighted by molar-refractivity contribution is 0.416. The average molecular weight is 419 g/mol. The molecular formula is C25H30N4O2. The van der Waals surface area contributed by atoms with Crippen LogP contribution in [0.15, 0.2) is 58.3 Å². The zero-order valence-electron chi connectivity index (χ0n) is 18.6. The third-order valence-electron chi connectivity index (χ3n) is 5.24. The molecule has 0 aliphatic carbocycles. The number of hydrogen-bond acceptors (Lipinski definition) is 5. The number of aromatic amines is 1. The molecule has 6 nitrogen and oxygen atoms in total. The van der Waals surface area contributed by atoms with E-state index in [9.17, 15) is 5.11 Å². The van der Waals surface area contributed by atoms with Crippen LogP contribution in [0.5, 0.6) is 11.6 Å². The van der Waals surface area contributed by atoms with Gasteiger partial charge < -0.3 is 20.6 Å². The fourth-order valence-electron chi connectivity index (χ4n) is 3.89. The molecule has 1 heterocycles. The predicted octanol–water partition coefficient (Wildman–Crippen LogP) is 5.20. The van der Waals surface area contributed by atoms with Gasteiger partial charge in [0, 0.05) is 35.9 Å². The van der Waals surface area contributed by atoms with Crippen LogP contribution in [0.3, 0.4) is 0 Å². The summed E-state index contributed by atoms with van der Waals surface area (Å²) in [7, 11) is 3.36. The molecule has 6 heteroatoms. The Hall–Kier alpha value is -3.54. The highest BCUT2D eigenvalue weighted by molar-refractivity contribution is 6.14. The van der Waals surface area contributed by atoms with Crippen molar-refractivity contribution in [3.05, 3.63) is 59.4 Å². The first-order chi connectivity index (χ1) is 15.1. The molecule has 0 bridgehead atoms. The number of ether oxygens (including phenoxy) is 1. The van der Waals surface area contributed by atoms with Gasteiger partial charge in [0.05, 0.1) is 24.1 Å². The predicted molar refractivity (Wildman–Crippen MR) is 129 cm³/mol. The topological polar surface area (TPSA) is 96.0 Å². The number of allylic oxidation sites excluding steroid dienone is 1. The summed E-state index contributed by atoms with van der Waals surface area (Å²) in [6, 6.07) is 12.3. The Labute approximate surface area is 183 Å². The monoisotopic (exact) mass is 418 g/mol. The fraction of sp³-hybridized carbons (Fsp3) is 0.280. The molecule has 0 unspecified atom stereocenters. The molecular weight excluding hydrogens is 388 g/mol. The van der Waals surface area contributed by atoms with Gasteiger partial charge in [0.15, 0.2) is 5.88 Å². The van der Waals surface area contributed by atoms with Crippen LogP contribution in [0.2, 0.25) is 0 Å². The summed E-state index contributed by atoms with van der Waals surface area (Å²) in [5.41, 5.74) is 11.8. The zero-order valence-corrected chi connectivity index (χ0v) is 18.6. The molecule has 0 radical (unpaired) electrons. The quantitative estimate of drug-likeness (QED) is 0.439. The Kier molecular flexibility index (Phi) is 7.13. The minimum Gasteiger partial charge on any atom is -0.496 e. The fourth-order valence-corrected chi connectivity index (χ4v) is 3.89. The van der Waals surface area contributed by atoms with Crippen LogP contribution in [-0.2, 0) is 6.42 Å². The van der Waals surface area contributed by atoms with Gasteiger partial charge in [-0.05, 0) is 42.2 Å². The summed E-state index contributed by atoms with van der Waals surface area (Å²) in [5.74, 6) is 0.926. The maximum atomic E-state index is 10.7. The molecule has 0 saturated heterocycles. The molecule has 162 valence electrons. The highest BCUT2D eigenvalue weighted by Crippen LogP contribution is 2.38. The second kappa shape index (κ2) is 9.98. The number of nitrogens with two attached hydrogens (primary N) is 1. The molecule has 0 aliphatic heterocycles. The number of hydrogen-bond donors (Lipinski definition) is 3. The average Bonchev–Trinajstić information content (AvgIpc) is 3.11. The van der Waals surface area contributed by atoms with Gasteiger partial charge in [-0.15, -0.1) is 0 Å². The molecule has 31 heavy (non-hydrogen) atoms. The van der Waals surface area contributed by atoms with Gasteiger partial charge in [0.1, 0.15) is 5.75 Å². The first-order valence-electron chi connectivity index (χ1n) is 10.5. The normalized spacial score (nSPS) is 12.8. The lowest BCUT2D eigenvalue weighted by Gasteiger charge is -2.14. The number of nitrogens with zero attached hydrogens (tertiary/aromatic N) is 2. The third-order valence-corrected chi connectivity index (χ3v) is 5.24. The van der Waals surface area contributed by atoms with Crippen LogP contribution < -0.4 is 10.5 Å². The number of aromatic hydroxyl groups is 1. The Balaban J connectivity index is 2.25. The molecule has 0 atom stereocenters. The van der Waals surface area contributed by atoms with E-state index in [0.29, 0.717) is 17.7 Å². The van der Waals surface area contributed by atoms with Crippen molar-refractivity contribution in [1.82, 2.24) is 4.98 Å². The largest absolute Gasteiger partial charge is 0.496 e. The second-order valence-corrected chi connectivity index (χ2v) is 7.24. The summed E-state index contributed by atoms with van der Waals surface area (Å²) >= 11 is 0. The van der Waals surface area contributed by atoms with Gasteiger partial charge in [0.2, 0.25) is 0 Å². The van der Waals surface area contributed by atoms with Crippen molar-refractivity contribution in [1.29, 1.82) is 0 Å². The number of methoxy groups -OCH3 is 1. The maximum absolute atomic E-state index is 10.7. The maximum Gasteiger partial charge on any atom is 0.198 e. The Morgan fingerprint density at radius 1 is 1.23 bits per heavy atom. The number of benzene rings is 2. The summed E-state index contributed by atoms with van der Waals surface area (Å²) in [5, 5.41) is 11.6. The van der Waals surface area contributed by atoms with E-state index >= 15 is 0 Å². The number of aliphatic imine (C=N–C) groups is 2. The number of aryl methyl sites for hydroxylation is 1. The molecule has 3 rings (SSSR count). The molecule has 0 amide bonds. The first-order valence-corrected chi connectivity index (χ1v) is 10.5. The van der Waals surface area contributed by atoms with Gasteiger partial charge in [0.25, 0.3) is 0 Å². The van der Waals surface area contributed by atoms with E-state index in [4.69, 9.17) is 10.5 Å². The second-order valence-electron chi connectivity index (χ2n) is 7.24. The molecule has 1 aromatic heterocycles. The Morgan fingerprint density at radius 2 is 2.03 bits per heavy atom. The van der Waals surface area contributed by atoms with E-state index in [0.717, 1.165) is 46.3 Å². The van der Waals surface area contributed by atoms with Crippen molar-refractivity contribution in [2.75, 3.05) is 14.2 Å². The third kappa shape index (κ3) is 4.48. The summed E-state index contributed by atoms with van der Waals surface area (Å²) in [4.78, 5) is 11.7. The highest BCUT2D eigenvalue weighted by atomic mass is 16.5. The lowest BCUT2D eigenvalue weighted by atomic mass is 9.94. The lowest BCUT2D eigenvalue weighted by Crippen LogP contribution is -2.01. The van der Waals surface area contributed by atoms with E-state index in [2.05, 4.69) is 40.1 Å². The smallest absolute Gasteiger partial charge is 0.198 e. The molecule has 4 N–H and O–H groups in total. The van der Waals surface area contributed by atoms with Crippen molar-refractivity contribution >= 4 is 22.8 Å². The molecule has 0 spiro atoms. The van der Waals surface area contributed by atoms with Crippen LogP contribution in [0.1, 0.15) is 37.8 Å². The Morgan fingerprint density at radius 3 is 2.68 bits per heavy atom. The van der Waals surface area contributed by atoms with Gasteiger partial charge >= 0.3 is 0 Å². The SMILES string of the molecule is CCCc1cccc(OC)c1-c1ccc2[nH]c(O)c(C(CC)=N/C(C=NC)=C/N)c2c1. The molecule has 0 saturated carbocycles. The van der Waals surface area contributed by atoms with E-state index in [-0.39, 0.29) is 5.88 Å². The van der Waals surface area contributed by atoms with Crippen molar-refractivity contribution in [2.24, 2.45) is 15.7 Å². The van der Waals surface area contributed by atoms with E-state index in [1.807, 2.05) is 25.1 Å². The van der Waals surface area contributed by atoms with Crippen LogP contribution in [0.25, 0.3) is 22.0 Å². The van der Waals surface area contributed by atoms with Gasteiger partial charge in [-0.3, -0.25) is 4.99 Å². The van der Waals surface area contributed by atoms with Crippen molar-refractivity contribution in [3.8, 4) is 22.8 Å². The van der Waals surface area contributed by atoms with Crippen LogP contribution >= 0.6 is 0 Å². The molecule has 0 fully saturated rings. The minimum absolute atomic E-state index is 0.0892. The summed E-state index contributed by atoms with van der Waals surface area (Å²) in [6.07, 6.45) is 5.62. The van der Waals surface area contributed by atoms with Crippen molar-refractivity contribution in [2.45, 2.75) is 33.1 Å². The molecule has 3 aromatic rings. The van der Waals surface area contributed by atoms with E-state index in [1.54, 1.807) is 20.4 Å². The van der Waals surface area contributed by atoms with Crippen LogP contribution in [0, 0.1) is 0 Å². The minimum atomic E-state index is 0.0892. The molecule has 0 aliphatic rings. The highest BCUT2D eigenvalue weighted by Gasteiger charge is 2.18. The van der Waals surface area contributed by atoms with Crippen molar-refractivity contribution < 1.29 is 9.84 Å². The number of H-pyrrole nitrogens is 1. The summed E-state index contributed by atoms with van der Waals surface area (Å²) < 4.78 is 5.68. The number of aromatic nitrogens is 1. The van der Waals surface area contributed by atoms with Gasteiger partial charge in [-0.1, -0.05) is 38.5 Å². The number of rotatable bonds is 8. The molecule has 2 aromatic carbocycles. The first kappa shape index (κ1) is 22.2. The van der Waals surface area contributed by atoms with Crippen LogP contribution in [0.4, 0.5) is 0 Å². The van der Waals surface area contributed by atoms with Crippen LogP contribution in [-0.4, -0.2) is 36.2 Å². The van der Waals surface area contributed by atoms with Gasteiger partial charge in [-0.25, -0.2) is 4.99 Å². The summed E-state index contributed by atoms with van der Waals surface area (Å²) in [6.45, 7) is 4.17. The number of nitrogens with one attached hydrogen (secondary N) is 1. The zero-order chi connectivity index (χ0) is 22.4. The van der Waals surface area contributed by atoms with Gasteiger partial charge in [-0.2, -0.15) is 0 Å².